The molecule has 100 valence electrons. The van der Waals surface area contributed by atoms with Gasteiger partial charge >= 0.3 is 5.69 Å². The number of nitrogens with zero attached hydrogens (tertiary/aromatic N) is 2. The second-order valence-corrected chi connectivity index (χ2v) is 3.95. The van der Waals surface area contributed by atoms with Gasteiger partial charge in [0.05, 0.1) is 7.11 Å². The first-order chi connectivity index (χ1) is 9.11. The van der Waals surface area contributed by atoms with Crippen molar-refractivity contribution in [3.8, 4) is 5.75 Å². The lowest BCUT2D eigenvalue weighted by molar-refractivity contribution is 0.414. The fraction of sp³-hybridized carbons (Fsp3) is 0.250. The Labute approximate surface area is 108 Å². The molecule has 2 aromatic rings. The third kappa shape index (κ3) is 2.82. The lowest BCUT2D eigenvalue weighted by Crippen LogP contribution is -2.35. The van der Waals surface area contributed by atoms with Crippen molar-refractivity contribution < 1.29 is 4.74 Å². The lowest BCUT2D eigenvalue weighted by atomic mass is 10.2. The zero-order valence-corrected chi connectivity index (χ0v) is 10.6. The molecule has 0 aliphatic heterocycles. The topological polar surface area (TPSA) is 89.0 Å². The molecule has 7 heteroatoms. The Balaban J connectivity index is 2.17. The van der Waals surface area contributed by atoms with Gasteiger partial charge in [0.25, 0.3) is 5.56 Å². The summed E-state index contributed by atoms with van der Waals surface area (Å²) in [5.41, 5.74) is -0.0713. The summed E-state index contributed by atoms with van der Waals surface area (Å²) in [5.74, 6) is 0.839. The highest BCUT2D eigenvalue weighted by Crippen LogP contribution is 2.12. The zero-order chi connectivity index (χ0) is 13.8. The Bertz CT molecular complexity index is 690. The van der Waals surface area contributed by atoms with Crippen molar-refractivity contribution in [3.05, 3.63) is 50.7 Å². The Morgan fingerprint density at radius 1 is 1.42 bits per heavy atom. The molecule has 1 aromatic heterocycles. The van der Waals surface area contributed by atoms with Gasteiger partial charge in [-0.2, -0.15) is 0 Å². The standard InChI is InChI=1S/C12H14N4O3/c1-16-11(17)10(14-15-12(16)18)13-7-8-4-3-5-9(6-8)19-2/h3-6H,7H2,1-2H3,(H,13,14)(H,15,18). The highest BCUT2D eigenvalue weighted by atomic mass is 16.5. The molecule has 0 saturated heterocycles. The van der Waals surface area contributed by atoms with Crippen molar-refractivity contribution in [2.24, 2.45) is 7.05 Å². The first-order valence-corrected chi connectivity index (χ1v) is 5.64. The minimum atomic E-state index is -0.545. The first kappa shape index (κ1) is 12.9. The summed E-state index contributed by atoms with van der Waals surface area (Å²) in [4.78, 5) is 22.9. The van der Waals surface area contributed by atoms with Crippen LogP contribution in [-0.4, -0.2) is 21.9 Å². The molecule has 0 spiro atoms. The maximum atomic E-state index is 11.7. The van der Waals surface area contributed by atoms with E-state index in [1.807, 2.05) is 24.3 Å². The molecule has 1 heterocycles. The molecule has 19 heavy (non-hydrogen) atoms. The summed E-state index contributed by atoms with van der Waals surface area (Å²) in [7, 11) is 2.98. The predicted molar refractivity (Wildman–Crippen MR) is 70.4 cm³/mol. The number of ether oxygens (including phenoxy) is 1. The number of hydrogen-bond donors (Lipinski definition) is 2. The first-order valence-electron chi connectivity index (χ1n) is 5.64. The van der Waals surface area contributed by atoms with Gasteiger partial charge < -0.3 is 10.1 Å². The third-order valence-corrected chi connectivity index (χ3v) is 2.67. The van der Waals surface area contributed by atoms with E-state index in [-0.39, 0.29) is 5.82 Å². The molecule has 0 radical (unpaired) electrons. The quantitative estimate of drug-likeness (QED) is 0.815. The molecule has 2 rings (SSSR count). The minimum absolute atomic E-state index is 0.102. The highest BCUT2D eigenvalue weighted by Gasteiger charge is 2.05. The number of rotatable bonds is 4. The molecule has 0 atom stereocenters. The zero-order valence-electron chi connectivity index (χ0n) is 10.6. The number of aromatic amines is 1. The minimum Gasteiger partial charge on any atom is -0.497 e. The molecule has 0 aliphatic rings. The number of hydrogen-bond acceptors (Lipinski definition) is 5. The molecular weight excluding hydrogens is 248 g/mol. The Hall–Kier alpha value is -2.57. The number of aromatic nitrogens is 3. The average Bonchev–Trinajstić information content (AvgIpc) is 2.44. The molecule has 7 nitrogen and oxygen atoms in total. The van der Waals surface area contributed by atoms with Gasteiger partial charge in [0.2, 0.25) is 5.82 Å². The molecule has 2 N–H and O–H groups in total. The van der Waals surface area contributed by atoms with Crippen LogP contribution in [0, 0.1) is 0 Å². The van der Waals surface area contributed by atoms with E-state index in [2.05, 4.69) is 15.5 Å². The third-order valence-electron chi connectivity index (χ3n) is 2.67. The SMILES string of the molecule is COc1cccc(CNc2n[nH]c(=O)n(C)c2=O)c1. The van der Waals surface area contributed by atoms with Gasteiger partial charge in [0.15, 0.2) is 0 Å². The Morgan fingerprint density at radius 2 is 2.21 bits per heavy atom. The average molecular weight is 262 g/mol. The number of nitrogens with one attached hydrogen (secondary N) is 2. The van der Waals surface area contributed by atoms with Crippen LogP contribution in [0.2, 0.25) is 0 Å². The Kier molecular flexibility index (Phi) is 3.65. The van der Waals surface area contributed by atoms with Crippen LogP contribution < -0.4 is 21.3 Å². The van der Waals surface area contributed by atoms with E-state index in [0.717, 1.165) is 15.9 Å². The van der Waals surface area contributed by atoms with E-state index in [0.29, 0.717) is 6.54 Å². The summed E-state index contributed by atoms with van der Waals surface area (Å²) < 4.78 is 6.07. The summed E-state index contributed by atoms with van der Waals surface area (Å²) in [6, 6.07) is 7.43. The highest BCUT2D eigenvalue weighted by molar-refractivity contribution is 5.34. The molecule has 0 aliphatic carbocycles. The van der Waals surface area contributed by atoms with Gasteiger partial charge in [-0.05, 0) is 17.7 Å². The number of anilines is 1. The predicted octanol–water partition coefficient (Wildman–Crippen LogP) is 0.0893. The smallest absolute Gasteiger partial charge is 0.344 e. The number of H-pyrrole nitrogens is 1. The summed E-state index contributed by atoms with van der Waals surface area (Å²) in [6.07, 6.45) is 0. The van der Waals surface area contributed by atoms with E-state index in [9.17, 15) is 9.59 Å². The molecule has 0 bridgehead atoms. The maximum absolute atomic E-state index is 11.7. The second-order valence-electron chi connectivity index (χ2n) is 3.95. The fourth-order valence-electron chi connectivity index (χ4n) is 1.56. The molecule has 0 unspecified atom stereocenters. The monoisotopic (exact) mass is 262 g/mol. The molecule has 0 saturated carbocycles. The van der Waals surface area contributed by atoms with Gasteiger partial charge in [-0.25, -0.2) is 9.89 Å². The molecule has 0 amide bonds. The van der Waals surface area contributed by atoms with Gasteiger partial charge in [0, 0.05) is 13.6 Å². The van der Waals surface area contributed by atoms with Crippen molar-refractivity contribution >= 4 is 5.82 Å². The molecular formula is C12H14N4O3. The summed E-state index contributed by atoms with van der Waals surface area (Å²) in [5, 5.41) is 8.80. The van der Waals surface area contributed by atoms with Crippen molar-refractivity contribution in [2.45, 2.75) is 6.54 Å². The lowest BCUT2D eigenvalue weighted by Gasteiger charge is -2.07. The van der Waals surface area contributed by atoms with Gasteiger partial charge in [-0.1, -0.05) is 12.1 Å². The molecule has 1 aromatic carbocycles. The van der Waals surface area contributed by atoms with Gasteiger partial charge in [-0.3, -0.25) is 9.36 Å². The second kappa shape index (κ2) is 5.38. The molecule has 0 fully saturated rings. The van der Waals surface area contributed by atoms with E-state index < -0.39 is 11.2 Å². The Morgan fingerprint density at radius 3 is 2.95 bits per heavy atom. The number of benzene rings is 1. The van der Waals surface area contributed by atoms with Gasteiger partial charge in [-0.15, -0.1) is 5.10 Å². The van der Waals surface area contributed by atoms with Crippen molar-refractivity contribution in [1.29, 1.82) is 0 Å². The van der Waals surface area contributed by atoms with Gasteiger partial charge in [0.1, 0.15) is 5.75 Å². The fourth-order valence-corrected chi connectivity index (χ4v) is 1.56. The van der Waals surface area contributed by atoms with Crippen molar-refractivity contribution in [1.82, 2.24) is 14.8 Å². The summed E-state index contributed by atoms with van der Waals surface area (Å²) in [6.45, 7) is 0.408. The van der Waals surface area contributed by atoms with E-state index in [1.165, 1.54) is 7.05 Å². The maximum Gasteiger partial charge on any atom is 0.344 e. The van der Waals surface area contributed by atoms with Crippen molar-refractivity contribution in [2.75, 3.05) is 12.4 Å². The van der Waals surface area contributed by atoms with Crippen LogP contribution in [-0.2, 0) is 13.6 Å². The van der Waals surface area contributed by atoms with Crippen LogP contribution in [0.5, 0.6) is 5.75 Å². The van der Waals surface area contributed by atoms with Crippen LogP contribution in [0.15, 0.2) is 33.9 Å². The van der Waals surface area contributed by atoms with Crippen LogP contribution >= 0.6 is 0 Å². The van der Waals surface area contributed by atoms with E-state index in [1.54, 1.807) is 7.11 Å². The van der Waals surface area contributed by atoms with Crippen LogP contribution in [0.1, 0.15) is 5.56 Å². The largest absolute Gasteiger partial charge is 0.497 e. The normalized spacial score (nSPS) is 10.2. The number of methoxy groups -OCH3 is 1. The van der Waals surface area contributed by atoms with Crippen LogP contribution in [0.25, 0.3) is 0 Å². The van der Waals surface area contributed by atoms with E-state index >= 15 is 0 Å². The summed E-state index contributed by atoms with van der Waals surface area (Å²) >= 11 is 0. The van der Waals surface area contributed by atoms with Crippen LogP contribution in [0.4, 0.5) is 5.82 Å². The van der Waals surface area contributed by atoms with Crippen LogP contribution in [0.3, 0.4) is 0 Å². The van der Waals surface area contributed by atoms with E-state index in [4.69, 9.17) is 4.74 Å². The van der Waals surface area contributed by atoms with Crippen molar-refractivity contribution in [3.63, 3.8) is 0 Å².